The third kappa shape index (κ3) is 2.79. The molecule has 0 amide bonds. The zero-order valence-electron chi connectivity index (χ0n) is 10.6. The summed E-state index contributed by atoms with van der Waals surface area (Å²) in [7, 11) is 1.68. The lowest BCUT2D eigenvalue weighted by molar-refractivity contribution is 0.414. The van der Waals surface area contributed by atoms with Gasteiger partial charge in [0.05, 0.1) is 7.11 Å². The number of aromatic nitrogens is 3. The normalized spacial score (nSPS) is 10.6. The molecule has 0 fully saturated rings. The molecule has 0 bridgehead atoms. The van der Waals surface area contributed by atoms with Crippen molar-refractivity contribution in [2.75, 3.05) is 7.11 Å². The molecular formula is C13H17N3OS. The van der Waals surface area contributed by atoms with Gasteiger partial charge in [-0.05, 0) is 36.3 Å². The third-order valence-corrected chi connectivity index (χ3v) is 3.22. The van der Waals surface area contributed by atoms with Crippen molar-refractivity contribution >= 4 is 12.2 Å². The van der Waals surface area contributed by atoms with Crippen LogP contribution in [0.25, 0.3) is 0 Å². The number of rotatable bonds is 5. The molecule has 0 saturated carbocycles. The van der Waals surface area contributed by atoms with Gasteiger partial charge in [0.25, 0.3) is 0 Å². The Labute approximate surface area is 112 Å². The molecule has 1 aromatic heterocycles. The fourth-order valence-corrected chi connectivity index (χ4v) is 2.16. The van der Waals surface area contributed by atoms with Crippen LogP contribution in [0.2, 0.25) is 0 Å². The fourth-order valence-electron chi connectivity index (χ4n) is 1.92. The maximum atomic E-state index is 5.22. The Balaban J connectivity index is 2.11. The van der Waals surface area contributed by atoms with Crippen molar-refractivity contribution in [2.45, 2.75) is 26.3 Å². The van der Waals surface area contributed by atoms with Gasteiger partial charge in [-0.2, -0.15) is 5.10 Å². The van der Waals surface area contributed by atoms with E-state index >= 15 is 0 Å². The molecule has 4 nitrogen and oxygen atoms in total. The monoisotopic (exact) mass is 263 g/mol. The number of hydrogen-bond acceptors (Lipinski definition) is 3. The lowest BCUT2D eigenvalue weighted by atomic mass is 10.1. The van der Waals surface area contributed by atoms with Crippen molar-refractivity contribution in [3.8, 4) is 5.75 Å². The van der Waals surface area contributed by atoms with E-state index in [-0.39, 0.29) is 0 Å². The number of ether oxygens (including phenoxy) is 1. The van der Waals surface area contributed by atoms with Crippen LogP contribution >= 0.6 is 12.2 Å². The molecule has 0 aliphatic rings. The summed E-state index contributed by atoms with van der Waals surface area (Å²) in [4.78, 5) is 0. The molecule has 18 heavy (non-hydrogen) atoms. The van der Waals surface area contributed by atoms with Crippen molar-refractivity contribution in [3.05, 3.63) is 40.4 Å². The summed E-state index contributed by atoms with van der Waals surface area (Å²) in [6.45, 7) is 2.92. The number of aryl methyl sites for hydroxylation is 2. The molecule has 0 radical (unpaired) electrons. The smallest absolute Gasteiger partial charge is 0.195 e. The Morgan fingerprint density at radius 2 is 2.28 bits per heavy atom. The molecule has 0 atom stereocenters. The van der Waals surface area contributed by atoms with Crippen LogP contribution < -0.4 is 4.74 Å². The highest BCUT2D eigenvalue weighted by molar-refractivity contribution is 7.71. The highest BCUT2D eigenvalue weighted by Gasteiger charge is 2.04. The topological polar surface area (TPSA) is 42.8 Å². The molecule has 0 aliphatic heterocycles. The summed E-state index contributed by atoms with van der Waals surface area (Å²) in [5.74, 6) is 1.89. The van der Waals surface area contributed by atoms with Crippen molar-refractivity contribution in [1.82, 2.24) is 14.8 Å². The SMILES string of the molecule is CCc1n[nH]c(=S)n1CCc1cccc(OC)c1. The van der Waals surface area contributed by atoms with Crippen molar-refractivity contribution < 1.29 is 4.74 Å². The number of hydrogen-bond donors (Lipinski definition) is 1. The molecule has 2 rings (SSSR count). The van der Waals surface area contributed by atoms with Gasteiger partial charge in [0.2, 0.25) is 0 Å². The van der Waals surface area contributed by atoms with Gasteiger partial charge in [-0.15, -0.1) is 0 Å². The first-order chi connectivity index (χ1) is 8.74. The number of H-pyrrole nitrogens is 1. The molecule has 0 saturated heterocycles. The maximum Gasteiger partial charge on any atom is 0.195 e. The van der Waals surface area contributed by atoms with Crippen LogP contribution in [0, 0.1) is 4.77 Å². The summed E-state index contributed by atoms with van der Waals surface area (Å²) < 4.78 is 7.95. The quantitative estimate of drug-likeness (QED) is 0.843. The Kier molecular flexibility index (Phi) is 4.15. The second-order valence-electron chi connectivity index (χ2n) is 4.05. The van der Waals surface area contributed by atoms with Crippen LogP contribution in [0.1, 0.15) is 18.3 Å². The number of nitrogens with zero attached hydrogens (tertiary/aromatic N) is 2. The van der Waals surface area contributed by atoms with E-state index in [1.807, 2.05) is 12.1 Å². The lowest BCUT2D eigenvalue weighted by Crippen LogP contribution is -2.05. The van der Waals surface area contributed by atoms with E-state index in [0.29, 0.717) is 4.77 Å². The molecule has 1 aromatic carbocycles. The van der Waals surface area contributed by atoms with Gasteiger partial charge in [-0.1, -0.05) is 19.1 Å². The predicted octanol–water partition coefficient (Wildman–Crippen LogP) is 2.75. The Bertz CT molecular complexity index is 574. The largest absolute Gasteiger partial charge is 0.497 e. The van der Waals surface area contributed by atoms with E-state index in [2.05, 4.69) is 33.8 Å². The molecule has 0 unspecified atom stereocenters. The zero-order chi connectivity index (χ0) is 13.0. The van der Waals surface area contributed by atoms with Gasteiger partial charge in [0.15, 0.2) is 4.77 Å². The Morgan fingerprint density at radius 3 is 3.00 bits per heavy atom. The molecule has 1 heterocycles. The van der Waals surface area contributed by atoms with E-state index in [4.69, 9.17) is 17.0 Å². The molecule has 5 heteroatoms. The van der Waals surface area contributed by atoms with Crippen LogP contribution in [-0.2, 0) is 19.4 Å². The van der Waals surface area contributed by atoms with Gasteiger partial charge < -0.3 is 9.30 Å². The Morgan fingerprint density at radius 1 is 1.44 bits per heavy atom. The van der Waals surface area contributed by atoms with Crippen molar-refractivity contribution in [1.29, 1.82) is 0 Å². The first-order valence-electron chi connectivity index (χ1n) is 6.01. The van der Waals surface area contributed by atoms with Crippen molar-refractivity contribution in [2.24, 2.45) is 0 Å². The average molecular weight is 263 g/mol. The molecular weight excluding hydrogens is 246 g/mol. The first kappa shape index (κ1) is 12.8. The summed E-state index contributed by atoms with van der Waals surface area (Å²) in [6.07, 6.45) is 1.79. The minimum absolute atomic E-state index is 0.690. The standard InChI is InChI=1S/C13H17N3OS/c1-3-12-14-15-13(18)16(12)8-7-10-5-4-6-11(9-10)17-2/h4-6,9H,3,7-8H2,1-2H3,(H,15,18). The predicted molar refractivity (Wildman–Crippen MR) is 73.5 cm³/mol. The Hall–Kier alpha value is -1.62. The second-order valence-corrected chi connectivity index (χ2v) is 4.44. The van der Waals surface area contributed by atoms with E-state index in [9.17, 15) is 0 Å². The van der Waals surface area contributed by atoms with Gasteiger partial charge in [0.1, 0.15) is 11.6 Å². The van der Waals surface area contributed by atoms with Crippen molar-refractivity contribution in [3.63, 3.8) is 0 Å². The van der Waals surface area contributed by atoms with Gasteiger partial charge in [-0.3, -0.25) is 5.10 Å². The zero-order valence-corrected chi connectivity index (χ0v) is 11.5. The summed E-state index contributed by atoms with van der Waals surface area (Å²) in [5.41, 5.74) is 1.24. The first-order valence-corrected chi connectivity index (χ1v) is 6.42. The number of aromatic amines is 1. The van der Waals surface area contributed by atoms with Gasteiger partial charge >= 0.3 is 0 Å². The van der Waals surface area contributed by atoms with E-state index in [1.54, 1.807) is 7.11 Å². The maximum absolute atomic E-state index is 5.22. The van der Waals surface area contributed by atoms with Crippen LogP contribution in [0.15, 0.2) is 24.3 Å². The van der Waals surface area contributed by atoms with Gasteiger partial charge in [0, 0.05) is 13.0 Å². The van der Waals surface area contributed by atoms with Crippen LogP contribution in [0.4, 0.5) is 0 Å². The molecule has 1 N–H and O–H groups in total. The third-order valence-electron chi connectivity index (χ3n) is 2.91. The summed E-state index contributed by atoms with van der Waals surface area (Å²) in [5, 5.41) is 7.04. The highest BCUT2D eigenvalue weighted by atomic mass is 32.1. The molecule has 0 spiro atoms. The summed E-state index contributed by atoms with van der Waals surface area (Å²) >= 11 is 5.22. The van der Waals surface area contributed by atoms with E-state index in [0.717, 1.165) is 31.0 Å². The average Bonchev–Trinajstić information content (AvgIpc) is 2.77. The minimum Gasteiger partial charge on any atom is -0.497 e. The number of nitrogens with one attached hydrogen (secondary N) is 1. The highest BCUT2D eigenvalue weighted by Crippen LogP contribution is 2.13. The molecule has 96 valence electrons. The minimum atomic E-state index is 0.690. The lowest BCUT2D eigenvalue weighted by Gasteiger charge is -2.07. The van der Waals surface area contributed by atoms with E-state index < -0.39 is 0 Å². The number of methoxy groups -OCH3 is 1. The van der Waals surface area contributed by atoms with Crippen LogP contribution in [0.3, 0.4) is 0 Å². The van der Waals surface area contributed by atoms with Crippen LogP contribution in [0.5, 0.6) is 5.75 Å². The summed E-state index contributed by atoms with van der Waals surface area (Å²) in [6, 6.07) is 8.10. The van der Waals surface area contributed by atoms with E-state index in [1.165, 1.54) is 5.56 Å². The molecule has 0 aliphatic carbocycles. The van der Waals surface area contributed by atoms with Crippen LogP contribution in [-0.4, -0.2) is 21.9 Å². The number of benzene rings is 1. The fraction of sp³-hybridized carbons (Fsp3) is 0.385. The van der Waals surface area contributed by atoms with Gasteiger partial charge in [-0.25, -0.2) is 0 Å². The second kappa shape index (κ2) is 5.82. The molecule has 2 aromatic rings.